The number of hydrogen-bond acceptors (Lipinski definition) is 1. The predicted molar refractivity (Wildman–Crippen MR) is 63.8 cm³/mol. The molecule has 3 rings (SSSR count). The smallest absolute Gasteiger partial charge is 0.0403 e. The Morgan fingerprint density at radius 2 is 1.80 bits per heavy atom. The van der Waals surface area contributed by atoms with Crippen LogP contribution in [0, 0.1) is 6.92 Å². The Hall–Kier alpha value is -1.63. The molecule has 76 valence electrons. The molecule has 0 spiro atoms. The molecular formula is C14H15N. The average Bonchev–Trinajstić information content (AvgIpc) is 2.87. The maximum absolute atomic E-state index is 4.16. The van der Waals surface area contributed by atoms with E-state index in [1.54, 1.807) is 0 Å². The van der Waals surface area contributed by atoms with Gasteiger partial charge in [-0.2, -0.15) is 0 Å². The standard InChI is InChI=1S/C8H11N.C6H4/c1-3-8-6-7(2)4-5-9-8;1-2-5-4-6(5)3-1/h4-6H,3H2,1-2H3;1-4H. The van der Waals surface area contributed by atoms with Crippen molar-refractivity contribution in [1.82, 2.24) is 4.98 Å². The molecule has 0 saturated heterocycles. The highest BCUT2D eigenvalue weighted by molar-refractivity contribution is 5.80. The summed E-state index contributed by atoms with van der Waals surface area (Å²) < 4.78 is 0. The second-order valence-corrected chi connectivity index (χ2v) is 3.76. The van der Waals surface area contributed by atoms with E-state index in [1.165, 1.54) is 22.4 Å². The van der Waals surface area contributed by atoms with Gasteiger partial charge >= 0.3 is 0 Å². The number of aryl methyl sites for hydroxylation is 2. The van der Waals surface area contributed by atoms with Gasteiger partial charge in [0.15, 0.2) is 0 Å². The van der Waals surface area contributed by atoms with Crippen molar-refractivity contribution in [2.75, 3.05) is 0 Å². The molecule has 0 radical (unpaired) electrons. The van der Waals surface area contributed by atoms with Crippen molar-refractivity contribution >= 4 is 0 Å². The minimum Gasteiger partial charge on any atom is -0.261 e. The molecule has 1 aromatic heterocycles. The zero-order chi connectivity index (χ0) is 10.7. The lowest BCUT2D eigenvalue weighted by Gasteiger charge is -1.94. The summed E-state index contributed by atoms with van der Waals surface area (Å²) in [6, 6.07) is 12.6. The lowest BCUT2D eigenvalue weighted by molar-refractivity contribution is 1.03. The minimum absolute atomic E-state index is 1.03. The van der Waals surface area contributed by atoms with Gasteiger partial charge in [-0.15, -0.1) is 0 Å². The molecule has 0 atom stereocenters. The van der Waals surface area contributed by atoms with E-state index in [-0.39, 0.29) is 0 Å². The first-order valence-corrected chi connectivity index (χ1v) is 5.31. The number of pyridine rings is 1. The van der Waals surface area contributed by atoms with Crippen LogP contribution in [0.1, 0.15) is 18.2 Å². The second kappa shape index (κ2) is 4.26. The first-order chi connectivity index (χ1) is 7.29. The molecule has 2 aliphatic carbocycles. The largest absolute Gasteiger partial charge is 0.261 e. The van der Waals surface area contributed by atoms with E-state index in [1.807, 2.05) is 12.3 Å². The number of benzene rings is 1. The second-order valence-electron chi connectivity index (χ2n) is 3.76. The van der Waals surface area contributed by atoms with Crippen LogP contribution in [0.15, 0.2) is 42.6 Å². The highest BCUT2D eigenvalue weighted by atomic mass is 14.7. The third kappa shape index (κ3) is 2.66. The minimum atomic E-state index is 1.03. The summed E-state index contributed by atoms with van der Waals surface area (Å²) in [5.41, 5.74) is 5.32. The van der Waals surface area contributed by atoms with Crippen molar-refractivity contribution in [3.8, 4) is 11.1 Å². The van der Waals surface area contributed by atoms with E-state index in [4.69, 9.17) is 0 Å². The van der Waals surface area contributed by atoms with E-state index in [2.05, 4.69) is 49.2 Å². The molecule has 0 aliphatic heterocycles. The summed E-state index contributed by atoms with van der Waals surface area (Å²) in [6.45, 7) is 4.20. The normalized spacial score (nSPS) is 10.3. The number of rotatable bonds is 1. The summed E-state index contributed by atoms with van der Waals surface area (Å²) in [7, 11) is 0. The van der Waals surface area contributed by atoms with Crippen LogP contribution in [0.2, 0.25) is 0 Å². The third-order valence-corrected chi connectivity index (χ3v) is 2.45. The molecule has 1 heterocycles. The molecule has 0 amide bonds. The van der Waals surface area contributed by atoms with Gasteiger partial charge in [0.2, 0.25) is 0 Å². The summed E-state index contributed by atoms with van der Waals surface area (Å²) in [6.07, 6.45) is 2.88. The summed E-state index contributed by atoms with van der Waals surface area (Å²) >= 11 is 0. The van der Waals surface area contributed by atoms with Crippen LogP contribution in [0.5, 0.6) is 0 Å². The molecule has 0 N–H and O–H groups in total. The van der Waals surface area contributed by atoms with Gasteiger partial charge in [0.05, 0.1) is 0 Å². The van der Waals surface area contributed by atoms with Crippen molar-refractivity contribution in [2.24, 2.45) is 0 Å². The molecule has 0 aromatic carbocycles. The molecular weight excluding hydrogens is 182 g/mol. The monoisotopic (exact) mass is 197 g/mol. The van der Waals surface area contributed by atoms with Crippen molar-refractivity contribution < 1.29 is 0 Å². The summed E-state index contributed by atoms with van der Waals surface area (Å²) in [4.78, 5) is 4.16. The molecule has 1 heteroatoms. The highest BCUT2D eigenvalue weighted by Crippen LogP contribution is 2.32. The van der Waals surface area contributed by atoms with Gasteiger partial charge in [-0.3, -0.25) is 4.98 Å². The van der Waals surface area contributed by atoms with Crippen LogP contribution in [0.3, 0.4) is 0 Å². The van der Waals surface area contributed by atoms with E-state index < -0.39 is 0 Å². The lowest BCUT2D eigenvalue weighted by atomic mass is 10.2. The van der Waals surface area contributed by atoms with Gasteiger partial charge in [0.25, 0.3) is 0 Å². The first kappa shape index (κ1) is 9.91. The van der Waals surface area contributed by atoms with Crippen LogP contribution in [-0.4, -0.2) is 4.98 Å². The quantitative estimate of drug-likeness (QED) is 0.580. The molecule has 0 fully saturated rings. The first-order valence-electron chi connectivity index (χ1n) is 5.31. The number of fused-ring (bicyclic) bond motifs is 1. The van der Waals surface area contributed by atoms with Crippen LogP contribution in [0.25, 0.3) is 11.1 Å². The fourth-order valence-corrected chi connectivity index (χ4v) is 1.47. The van der Waals surface area contributed by atoms with Gasteiger partial charge in [0.1, 0.15) is 0 Å². The van der Waals surface area contributed by atoms with Crippen LogP contribution < -0.4 is 0 Å². The number of hydrogen-bond donors (Lipinski definition) is 0. The van der Waals surface area contributed by atoms with Gasteiger partial charge < -0.3 is 0 Å². The Labute approximate surface area is 90.8 Å². The van der Waals surface area contributed by atoms with E-state index in [0.29, 0.717) is 0 Å². The maximum atomic E-state index is 4.16. The Morgan fingerprint density at radius 1 is 1.07 bits per heavy atom. The third-order valence-electron chi connectivity index (χ3n) is 2.45. The topological polar surface area (TPSA) is 12.9 Å². The fraction of sp³-hybridized carbons (Fsp3) is 0.214. The fourth-order valence-electron chi connectivity index (χ4n) is 1.47. The van der Waals surface area contributed by atoms with E-state index >= 15 is 0 Å². The molecule has 15 heavy (non-hydrogen) atoms. The van der Waals surface area contributed by atoms with Crippen molar-refractivity contribution in [2.45, 2.75) is 20.3 Å². The molecule has 0 saturated carbocycles. The number of nitrogens with zero attached hydrogens (tertiary/aromatic N) is 1. The zero-order valence-corrected chi connectivity index (χ0v) is 9.20. The Morgan fingerprint density at radius 3 is 2.13 bits per heavy atom. The molecule has 1 aromatic rings. The molecule has 2 aliphatic rings. The summed E-state index contributed by atoms with van der Waals surface area (Å²) in [5.74, 6) is 0. The Bertz CT molecular complexity index is 443. The van der Waals surface area contributed by atoms with Crippen molar-refractivity contribution in [1.29, 1.82) is 0 Å². The Balaban J connectivity index is 0.000000121. The van der Waals surface area contributed by atoms with Gasteiger partial charge in [-0.1, -0.05) is 25.1 Å². The van der Waals surface area contributed by atoms with E-state index in [9.17, 15) is 0 Å². The van der Waals surface area contributed by atoms with Crippen molar-refractivity contribution in [3.63, 3.8) is 0 Å². The number of aromatic nitrogens is 1. The lowest BCUT2D eigenvalue weighted by Crippen LogP contribution is -1.85. The SMILES string of the molecule is CCc1cc(C)ccn1.c1cc2cc-2c1. The highest BCUT2D eigenvalue weighted by Gasteiger charge is 2.06. The van der Waals surface area contributed by atoms with Gasteiger partial charge in [-0.05, 0) is 48.2 Å². The Kier molecular flexibility index (Phi) is 2.82. The van der Waals surface area contributed by atoms with Crippen molar-refractivity contribution in [3.05, 3.63) is 53.9 Å². The van der Waals surface area contributed by atoms with E-state index in [0.717, 1.165) is 6.42 Å². The summed E-state index contributed by atoms with van der Waals surface area (Å²) in [5, 5.41) is 0. The average molecular weight is 197 g/mol. The van der Waals surface area contributed by atoms with Gasteiger partial charge in [0, 0.05) is 11.9 Å². The van der Waals surface area contributed by atoms with Crippen LogP contribution in [0.4, 0.5) is 0 Å². The molecule has 1 nitrogen and oxygen atoms in total. The van der Waals surface area contributed by atoms with Gasteiger partial charge in [-0.25, -0.2) is 0 Å². The molecule has 0 unspecified atom stereocenters. The van der Waals surface area contributed by atoms with Crippen LogP contribution >= 0.6 is 0 Å². The van der Waals surface area contributed by atoms with Crippen LogP contribution in [-0.2, 0) is 6.42 Å². The predicted octanol–water partition coefficient (Wildman–Crippen LogP) is 3.62. The maximum Gasteiger partial charge on any atom is 0.0403 e. The molecule has 0 bridgehead atoms. The zero-order valence-electron chi connectivity index (χ0n) is 9.20.